The van der Waals surface area contributed by atoms with Crippen LogP contribution >= 0.6 is 0 Å². The molecule has 2 heteroatoms. The molecule has 0 aliphatic rings. The molecule has 1 aromatic rings. The molecule has 0 N–H and O–H groups in total. The van der Waals surface area contributed by atoms with E-state index in [0.29, 0.717) is 0 Å². The molecule has 0 heterocycles. The summed E-state index contributed by atoms with van der Waals surface area (Å²) >= 11 is 0. The van der Waals surface area contributed by atoms with Gasteiger partial charge in [0.05, 0.1) is 5.69 Å². The third kappa shape index (κ3) is 2.82. The highest BCUT2D eigenvalue weighted by molar-refractivity contribution is 5.63. The van der Waals surface area contributed by atoms with Crippen molar-refractivity contribution in [3.63, 3.8) is 0 Å². The molecule has 0 aromatic heterocycles. The average molecular weight is 174 g/mol. The van der Waals surface area contributed by atoms with Gasteiger partial charge in [0.25, 0.3) is 0 Å². The molecule has 0 atom stereocenters. The third-order valence-electron chi connectivity index (χ3n) is 1.68. The lowest BCUT2D eigenvalue weighted by Gasteiger charge is -1.97. The average Bonchev–Trinajstić information content (AvgIpc) is 2.17. The van der Waals surface area contributed by atoms with Crippen molar-refractivity contribution in [3.8, 4) is 0 Å². The first-order chi connectivity index (χ1) is 6.38. The van der Waals surface area contributed by atoms with Crippen LogP contribution in [0.25, 0.3) is 6.08 Å². The highest BCUT2D eigenvalue weighted by atomic mass is 15.1. The van der Waals surface area contributed by atoms with Crippen LogP contribution in [-0.2, 0) is 0 Å². The molecule has 0 aliphatic heterocycles. The summed E-state index contributed by atoms with van der Waals surface area (Å²) in [5.41, 5.74) is 2.05. The lowest BCUT2D eigenvalue weighted by atomic mass is 10.1. The monoisotopic (exact) mass is 174 g/mol. The first kappa shape index (κ1) is 9.65. The summed E-state index contributed by atoms with van der Waals surface area (Å²) in [6, 6.07) is 7.97. The molecule has 0 bridgehead atoms. The Kier molecular flexibility index (Phi) is 3.89. The van der Waals surface area contributed by atoms with Gasteiger partial charge < -0.3 is 0 Å². The van der Waals surface area contributed by atoms with Crippen LogP contribution in [0.5, 0.6) is 0 Å². The minimum absolute atomic E-state index is 0.926. The number of hydrogen-bond acceptors (Lipinski definition) is 2. The van der Waals surface area contributed by atoms with Gasteiger partial charge in [-0.1, -0.05) is 37.3 Å². The van der Waals surface area contributed by atoms with Crippen molar-refractivity contribution in [2.24, 2.45) is 10.2 Å². The van der Waals surface area contributed by atoms with Crippen LogP contribution in [0.2, 0.25) is 0 Å². The Morgan fingerprint density at radius 3 is 2.77 bits per heavy atom. The van der Waals surface area contributed by atoms with Gasteiger partial charge in [-0.05, 0) is 12.5 Å². The summed E-state index contributed by atoms with van der Waals surface area (Å²) in [7, 11) is 1.68. The standard InChI is InChI=1S/C11H14N2/c1-3-4-7-10-8-5-6-9-11(10)13-12-2/h4-9H,3H2,1-2H3/b7-4-,13-12?. The van der Waals surface area contributed by atoms with Crippen LogP contribution in [0, 0.1) is 0 Å². The minimum Gasteiger partial charge on any atom is -0.192 e. The predicted molar refractivity (Wildman–Crippen MR) is 56.2 cm³/mol. The molecule has 0 saturated heterocycles. The Balaban J connectivity index is 2.97. The molecule has 0 aliphatic carbocycles. The van der Waals surface area contributed by atoms with Gasteiger partial charge >= 0.3 is 0 Å². The molecule has 1 aromatic carbocycles. The number of azo groups is 1. The first-order valence-electron chi connectivity index (χ1n) is 4.44. The Morgan fingerprint density at radius 2 is 2.08 bits per heavy atom. The molecular formula is C11H14N2. The van der Waals surface area contributed by atoms with Crippen molar-refractivity contribution in [3.05, 3.63) is 35.9 Å². The van der Waals surface area contributed by atoms with Gasteiger partial charge in [0, 0.05) is 12.6 Å². The van der Waals surface area contributed by atoms with Crippen molar-refractivity contribution in [1.82, 2.24) is 0 Å². The number of nitrogens with zero attached hydrogens (tertiary/aromatic N) is 2. The molecule has 68 valence electrons. The number of allylic oxidation sites excluding steroid dienone is 1. The van der Waals surface area contributed by atoms with Crippen LogP contribution in [-0.4, -0.2) is 7.05 Å². The van der Waals surface area contributed by atoms with Gasteiger partial charge in [-0.25, -0.2) is 0 Å². The molecule has 0 unspecified atom stereocenters. The Bertz CT molecular complexity index is 314. The van der Waals surface area contributed by atoms with Crippen molar-refractivity contribution < 1.29 is 0 Å². The normalized spacial score (nSPS) is 11.5. The van der Waals surface area contributed by atoms with Gasteiger partial charge in [0.15, 0.2) is 0 Å². The van der Waals surface area contributed by atoms with E-state index in [-0.39, 0.29) is 0 Å². The van der Waals surface area contributed by atoms with Crippen molar-refractivity contribution in [2.75, 3.05) is 7.05 Å². The van der Waals surface area contributed by atoms with Crippen LogP contribution in [0.3, 0.4) is 0 Å². The van der Waals surface area contributed by atoms with Crippen molar-refractivity contribution >= 4 is 11.8 Å². The smallest absolute Gasteiger partial charge is 0.0924 e. The maximum atomic E-state index is 4.03. The van der Waals surface area contributed by atoms with E-state index < -0.39 is 0 Å². The summed E-state index contributed by atoms with van der Waals surface area (Å²) in [6.07, 6.45) is 5.23. The molecular weight excluding hydrogens is 160 g/mol. The van der Waals surface area contributed by atoms with Crippen LogP contribution in [0.4, 0.5) is 5.69 Å². The first-order valence-corrected chi connectivity index (χ1v) is 4.44. The topological polar surface area (TPSA) is 24.7 Å². The lowest BCUT2D eigenvalue weighted by Crippen LogP contribution is -1.72. The fourth-order valence-corrected chi connectivity index (χ4v) is 1.07. The third-order valence-corrected chi connectivity index (χ3v) is 1.68. The van der Waals surface area contributed by atoms with E-state index in [1.165, 1.54) is 0 Å². The zero-order valence-corrected chi connectivity index (χ0v) is 8.07. The second-order valence-corrected chi connectivity index (χ2v) is 2.67. The van der Waals surface area contributed by atoms with Crippen LogP contribution < -0.4 is 0 Å². The van der Waals surface area contributed by atoms with E-state index in [4.69, 9.17) is 0 Å². The highest BCUT2D eigenvalue weighted by Gasteiger charge is 1.94. The molecule has 1 rings (SSSR count). The number of hydrogen-bond donors (Lipinski definition) is 0. The number of rotatable bonds is 3. The molecule has 0 amide bonds. The fraction of sp³-hybridized carbons (Fsp3) is 0.273. The summed E-state index contributed by atoms with van der Waals surface area (Å²) in [5, 5.41) is 7.80. The molecule has 13 heavy (non-hydrogen) atoms. The molecule has 0 fully saturated rings. The Morgan fingerprint density at radius 1 is 1.31 bits per heavy atom. The van der Waals surface area contributed by atoms with E-state index in [0.717, 1.165) is 17.7 Å². The predicted octanol–water partition coefficient (Wildman–Crippen LogP) is 3.82. The minimum atomic E-state index is 0.926. The van der Waals surface area contributed by atoms with E-state index in [1.807, 2.05) is 24.3 Å². The second-order valence-electron chi connectivity index (χ2n) is 2.67. The highest BCUT2D eigenvalue weighted by Crippen LogP contribution is 2.20. The zero-order chi connectivity index (χ0) is 9.52. The second kappa shape index (κ2) is 5.25. The maximum absolute atomic E-state index is 4.03. The largest absolute Gasteiger partial charge is 0.192 e. The SMILES string of the molecule is CC/C=C\c1ccccc1N=NC. The van der Waals surface area contributed by atoms with Crippen molar-refractivity contribution in [1.29, 1.82) is 0 Å². The summed E-state index contributed by atoms with van der Waals surface area (Å²) < 4.78 is 0. The fourth-order valence-electron chi connectivity index (χ4n) is 1.07. The van der Waals surface area contributed by atoms with E-state index in [9.17, 15) is 0 Å². The van der Waals surface area contributed by atoms with Crippen LogP contribution in [0.15, 0.2) is 40.6 Å². The van der Waals surface area contributed by atoms with E-state index in [1.54, 1.807) is 7.05 Å². The Labute approximate surface area is 79.0 Å². The molecule has 2 nitrogen and oxygen atoms in total. The van der Waals surface area contributed by atoms with E-state index in [2.05, 4.69) is 29.3 Å². The molecule has 0 saturated carbocycles. The van der Waals surface area contributed by atoms with Crippen LogP contribution in [0.1, 0.15) is 18.9 Å². The van der Waals surface area contributed by atoms with Gasteiger partial charge in [0.1, 0.15) is 0 Å². The van der Waals surface area contributed by atoms with Gasteiger partial charge in [-0.2, -0.15) is 10.2 Å². The van der Waals surface area contributed by atoms with Gasteiger partial charge in [-0.3, -0.25) is 0 Å². The summed E-state index contributed by atoms with van der Waals surface area (Å²) in [6.45, 7) is 2.11. The molecule has 0 spiro atoms. The zero-order valence-electron chi connectivity index (χ0n) is 8.07. The molecule has 0 radical (unpaired) electrons. The lowest BCUT2D eigenvalue weighted by molar-refractivity contribution is 1.16. The summed E-state index contributed by atoms with van der Waals surface area (Å²) in [5.74, 6) is 0. The van der Waals surface area contributed by atoms with Gasteiger partial charge in [0.2, 0.25) is 0 Å². The Hall–Kier alpha value is -1.44. The van der Waals surface area contributed by atoms with Gasteiger partial charge in [-0.15, -0.1) is 0 Å². The van der Waals surface area contributed by atoms with Crippen molar-refractivity contribution in [2.45, 2.75) is 13.3 Å². The van der Waals surface area contributed by atoms with E-state index >= 15 is 0 Å². The summed E-state index contributed by atoms with van der Waals surface area (Å²) in [4.78, 5) is 0. The maximum Gasteiger partial charge on any atom is 0.0924 e. The quantitative estimate of drug-likeness (QED) is 0.622. The number of benzene rings is 1.